The highest BCUT2D eigenvalue weighted by atomic mass is 32.2. The number of carbonyl (C=O) groups is 1. The van der Waals surface area contributed by atoms with E-state index in [1.54, 1.807) is 18.9 Å². The molecule has 1 aliphatic heterocycles. The molecule has 1 atom stereocenters. The molecule has 27 heavy (non-hydrogen) atoms. The van der Waals surface area contributed by atoms with Crippen LogP contribution in [0.2, 0.25) is 0 Å². The van der Waals surface area contributed by atoms with E-state index in [2.05, 4.69) is 36.1 Å². The molecule has 0 saturated carbocycles. The average Bonchev–Trinajstić information content (AvgIpc) is 3.07. The van der Waals surface area contributed by atoms with Crippen LogP contribution in [0.15, 0.2) is 60.3 Å². The Labute approximate surface area is 165 Å². The smallest absolute Gasteiger partial charge is 0.266 e. The van der Waals surface area contributed by atoms with E-state index < -0.39 is 0 Å². The lowest BCUT2D eigenvalue weighted by atomic mass is 10.1. The molecule has 4 nitrogen and oxygen atoms in total. The van der Waals surface area contributed by atoms with Gasteiger partial charge in [0.05, 0.1) is 6.61 Å². The largest absolute Gasteiger partial charge is 0.380 e. The van der Waals surface area contributed by atoms with E-state index >= 15 is 0 Å². The number of ether oxygens (including phenoxy) is 1. The van der Waals surface area contributed by atoms with Crippen LogP contribution in [0.1, 0.15) is 41.8 Å². The van der Waals surface area contributed by atoms with Crippen LogP contribution in [0.3, 0.4) is 0 Å². The number of benzene rings is 2. The summed E-state index contributed by atoms with van der Waals surface area (Å²) in [5.41, 5.74) is 9.79. The number of amides is 1. The van der Waals surface area contributed by atoms with E-state index in [0.29, 0.717) is 12.3 Å². The lowest BCUT2D eigenvalue weighted by molar-refractivity contribution is -0.116. The van der Waals surface area contributed by atoms with Gasteiger partial charge in [-0.3, -0.25) is 4.79 Å². The molecule has 0 radical (unpaired) electrons. The first-order valence-electron chi connectivity index (χ1n) is 9.26. The van der Waals surface area contributed by atoms with Crippen LogP contribution in [0.25, 0.3) is 4.91 Å². The maximum Gasteiger partial charge on any atom is 0.266 e. The van der Waals surface area contributed by atoms with Crippen LogP contribution < -0.4 is 5.73 Å². The van der Waals surface area contributed by atoms with Gasteiger partial charge < -0.3 is 15.4 Å². The van der Waals surface area contributed by atoms with Gasteiger partial charge in [-0.05, 0) is 23.1 Å². The van der Waals surface area contributed by atoms with Crippen molar-refractivity contribution < 1.29 is 9.53 Å². The third-order valence-electron chi connectivity index (χ3n) is 4.61. The Bertz CT molecular complexity index is 803. The predicted molar refractivity (Wildman–Crippen MR) is 112 cm³/mol. The molecule has 2 N–H and O–H groups in total. The number of unbranched alkanes of at least 4 members (excludes halogenated alkanes) is 1. The number of thioether (sulfide) groups is 1. The highest BCUT2D eigenvalue weighted by Crippen LogP contribution is 2.51. The zero-order valence-electron chi connectivity index (χ0n) is 15.9. The van der Waals surface area contributed by atoms with E-state index in [-0.39, 0.29) is 11.3 Å². The molecule has 0 spiro atoms. The fourth-order valence-corrected chi connectivity index (χ4v) is 4.73. The molecule has 3 rings (SSSR count). The van der Waals surface area contributed by atoms with E-state index in [9.17, 15) is 4.79 Å². The van der Waals surface area contributed by atoms with Gasteiger partial charge in [-0.25, -0.2) is 0 Å². The monoisotopic (exact) mass is 382 g/mol. The molecule has 0 bridgehead atoms. The average molecular weight is 383 g/mol. The Kier molecular flexibility index (Phi) is 6.58. The van der Waals surface area contributed by atoms with Crippen molar-refractivity contribution in [3.8, 4) is 0 Å². The maximum atomic E-state index is 12.4. The van der Waals surface area contributed by atoms with E-state index in [0.717, 1.165) is 35.4 Å². The molecular formula is C22H26N2O2S. The quantitative estimate of drug-likeness (QED) is 0.728. The van der Waals surface area contributed by atoms with Crippen molar-refractivity contribution in [2.24, 2.45) is 5.73 Å². The molecule has 2 aromatic rings. The lowest BCUT2D eigenvalue weighted by Crippen LogP contribution is -2.31. The summed E-state index contributed by atoms with van der Waals surface area (Å²) in [6.45, 7) is 3.56. The van der Waals surface area contributed by atoms with E-state index in [1.807, 2.05) is 30.3 Å². The second-order valence-corrected chi connectivity index (χ2v) is 7.69. The van der Waals surface area contributed by atoms with Crippen molar-refractivity contribution >= 4 is 22.6 Å². The molecule has 0 aromatic heterocycles. The Morgan fingerprint density at radius 2 is 1.85 bits per heavy atom. The molecule has 142 valence electrons. The summed E-state index contributed by atoms with van der Waals surface area (Å²) in [4.78, 5) is 15.5. The van der Waals surface area contributed by atoms with Crippen molar-refractivity contribution in [2.75, 3.05) is 13.7 Å². The fourth-order valence-electron chi connectivity index (χ4n) is 3.28. The van der Waals surface area contributed by atoms with Crippen molar-refractivity contribution in [2.45, 2.75) is 31.7 Å². The van der Waals surface area contributed by atoms with Gasteiger partial charge in [-0.15, -0.1) is 0 Å². The zero-order chi connectivity index (χ0) is 19.2. The molecule has 1 unspecified atom stereocenters. The number of hydrogen-bond acceptors (Lipinski definition) is 4. The lowest BCUT2D eigenvalue weighted by Gasteiger charge is -2.28. The molecule has 0 fully saturated rings. The van der Waals surface area contributed by atoms with Gasteiger partial charge in [0, 0.05) is 18.6 Å². The van der Waals surface area contributed by atoms with Gasteiger partial charge in [-0.1, -0.05) is 79.7 Å². The van der Waals surface area contributed by atoms with Crippen molar-refractivity contribution in [1.29, 1.82) is 0 Å². The van der Waals surface area contributed by atoms with Crippen LogP contribution in [0.4, 0.5) is 0 Å². The van der Waals surface area contributed by atoms with Gasteiger partial charge in [-0.2, -0.15) is 0 Å². The Balaban J connectivity index is 1.98. The Morgan fingerprint density at radius 3 is 2.44 bits per heavy atom. The standard InChI is InChI=1S/C22H26N2O2S/c1-3-4-14-24-19(21(23)25)20(17-8-6-5-7-9-17)27-22(24)18-12-10-16(11-13-18)15-26-2/h5-13,22H,3-4,14-15H2,1-2H3,(H2,23,25). The molecule has 5 heteroatoms. The molecule has 2 aromatic carbocycles. The zero-order valence-corrected chi connectivity index (χ0v) is 16.7. The summed E-state index contributed by atoms with van der Waals surface area (Å²) in [5, 5.41) is 0.0471. The first kappa shape index (κ1) is 19.5. The molecule has 1 heterocycles. The molecule has 1 aliphatic rings. The van der Waals surface area contributed by atoms with E-state index in [4.69, 9.17) is 10.5 Å². The second kappa shape index (κ2) is 9.11. The van der Waals surface area contributed by atoms with Crippen LogP contribution in [0.5, 0.6) is 0 Å². The maximum absolute atomic E-state index is 12.4. The molecule has 0 saturated heterocycles. The first-order valence-corrected chi connectivity index (χ1v) is 10.1. The van der Waals surface area contributed by atoms with Crippen molar-refractivity contribution in [3.63, 3.8) is 0 Å². The minimum Gasteiger partial charge on any atom is -0.380 e. The molecule has 1 amide bonds. The summed E-state index contributed by atoms with van der Waals surface area (Å²) in [7, 11) is 1.70. The normalized spacial score (nSPS) is 16.8. The Hall–Kier alpha value is -2.24. The summed E-state index contributed by atoms with van der Waals surface area (Å²) >= 11 is 1.70. The van der Waals surface area contributed by atoms with Crippen molar-refractivity contribution in [1.82, 2.24) is 4.90 Å². The Morgan fingerprint density at radius 1 is 1.15 bits per heavy atom. The van der Waals surface area contributed by atoms with Crippen molar-refractivity contribution in [3.05, 3.63) is 77.0 Å². The van der Waals surface area contributed by atoms with Crippen LogP contribution >= 0.6 is 11.8 Å². The first-order chi connectivity index (χ1) is 13.2. The highest BCUT2D eigenvalue weighted by molar-refractivity contribution is 8.08. The van der Waals surface area contributed by atoms with Gasteiger partial charge in [0.1, 0.15) is 11.1 Å². The van der Waals surface area contributed by atoms with E-state index in [1.165, 1.54) is 5.56 Å². The predicted octanol–water partition coefficient (Wildman–Crippen LogP) is 4.53. The third kappa shape index (κ3) is 4.37. The summed E-state index contributed by atoms with van der Waals surface area (Å²) in [6.07, 6.45) is 2.07. The summed E-state index contributed by atoms with van der Waals surface area (Å²) < 4.78 is 5.21. The number of nitrogens with zero attached hydrogens (tertiary/aromatic N) is 1. The minimum absolute atomic E-state index is 0.0471. The number of primary amides is 1. The number of methoxy groups -OCH3 is 1. The van der Waals surface area contributed by atoms with Gasteiger partial charge >= 0.3 is 0 Å². The van der Waals surface area contributed by atoms with Crippen LogP contribution in [-0.2, 0) is 16.1 Å². The minimum atomic E-state index is -0.365. The fraction of sp³-hybridized carbons (Fsp3) is 0.318. The second-order valence-electron chi connectivity index (χ2n) is 6.60. The van der Waals surface area contributed by atoms with Gasteiger partial charge in [0.15, 0.2) is 0 Å². The molecular weight excluding hydrogens is 356 g/mol. The summed E-state index contributed by atoms with van der Waals surface area (Å²) in [6, 6.07) is 18.4. The van der Waals surface area contributed by atoms with Crippen LogP contribution in [0, 0.1) is 0 Å². The highest BCUT2D eigenvalue weighted by Gasteiger charge is 2.36. The number of carbonyl (C=O) groups excluding carboxylic acids is 1. The SMILES string of the molecule is CCCCN1C(C(N)=O)=C(c2ccccc2)SC1c1ccc(COC)cc1. The summed E-state index contributed by atoms with van der Waals surface area (Å²) in [5.74, 6) is -0.365. The number of hydrogen-bond donors (Lipinski definition) is 1. The number of rotatable bonds is 8. The number of nitrogens with two attached hydrogens (primary N) is 1. The third-order valence-corrected chi connectivity index (χ3v) is 6.03. The van der Waals surface area contributed by atoms with Gasteiger partial charge in [0.2, 0.25) is 0 Å². The van der Waals surface area contributed by atoms with Gasteiger partial charge in [0.25, 0.3) is 5.91 Å². The molecule has 0 aliphatic carbocycles. The van der Waals surface area contributed by atoms with Crippen LogP contribution in [-0.4, -0.2) is 24.5 Å². The topological polar surface area (TPSA) is 55.6 Å².